The number of hydrogen-bond acceptors (Lipinski definition) is 1. The number of benzene rings is 13. The van der Waals surface area contributed by atoms with Gasteiger partial charge in [0.05, 0.1) is 5.41 Å². The highest BCUT2D eigenvalue weighted by Crippen LogP contribution is 2.57. The van der Waals surface area contributed by atoms with Gasteiger partial charge in [0.1, 0.15) is 0 Å². The van der Waals surface area contributed by atoms with Crippen LogP contribution in [0.3, 0.4) is 0 Å². The Kier molecular flexibility index (Phi) is 9.82. The summed E-state index contributed by atoms with van der Waals surface area (Å²) < 4.78 is 0. The lowest BCUT2D eigenvalue weighted by Gasteiger charge is -2.34. The molecule has 0 bridgehead atoms. The van der Waals surface area contributed by atoms with Crippen LogP contribution in [0.25, 0.3) is 87.6 Å². The van der Waals surface area contributed by atoms with E-state index in [1.807, 2.05) is 0 Å². The molecule has 0 saturated carbocycles. The fourth-order valence-electron chi connectivity index (χ4n) is 12.0. The Morgan fingerprint density at radius 2 is 0.597 bits per heavy atom. The van der Waals surface area contributed by atoms with Crippen LogP contribution in [0.1, 0.15) is 22.3 Å². The number of fused-ring (bicyclic) bond motifs is 9. The van der Waals surface area contributed by atoms with Gasteiger partial charge in [0, 0.05) is 17.1 Å². The predicted molar refractivity (Wildman–Crippen MR) is 305 cm³/mol. The lowest BCUT2D eigenvalue weighted by molar-refractivity contribution is 0.769. The summed E-state index contributed by atoms with van der Waals surface area (Å²) in [6, 6.07) is 105. The summed E-state index contributed by atoms with van der Waals surface area (Å²) in [5.41, 5.74) is 17.8. The van der Waals surface area contributed by atoms with Gasteiger partial charge in [-0.15, -0.1) is 0 Å². The molecule has 0 radical (unpaired) electrons. The van der Waals surface area contributed by atoms with E-state index in [-0.39, 0.29) is 0 Å². The molecule has 0 unspecified atom stereocenters. The molecule has 1 aliphatic rings. The topological polar surface area (TPSA) is 3.24 Å². The van der Waals surface area contributed by atoms with E-state index in [0.29, 0.717) is 0 Å². The summed E-state index contributed by atoms with van der Waals surface area (Å²) in [7, 11) is 0. The normalized spacial score (nSPS) is 12.6. The molecule has 0 N–H and O–H groups in total. The highest BCUT2D eigenvalue weighted by atomic mass is 15.1. The standard InChI is InChI=1S/C71H47N/c1-3-19-54(20-4-1)71(55-21-5-2-6-22-55)69-30-16-15-29-65(69)66-44-37-51(47-70(66)71)48-31-38-56(39-32-48)72(57-40-33-49(34-41-57)67-45-52-17-7-9-23-59(52)61-25-11-13-27-63(61)67)58-42-35-50(36-43-58)68-46-53-18-8-10-24-60(53)62-26-12-14-28-64(62)68/h1-47H. The smallest absolute Gasteiger partial charge is 0.0713 e. The first kappa shape index (κ1) is 41.7. The molecule has 0 aliphatic heterocycles. The lowest BCUT2D eigenvalue weighted by atomic mass is 9.67. The average Bonchev–Trinajstić information content (AvgIpc) is 3.76. The Bertz CT molecular complexity index is 3970. The van der Waals surface area contributed by atoms with Crippen LogP contribution >= 0.6 is 0 Å². The van der Waals surface area contributed by atoms with Gasteiger partial charge in [-0.1, -0.05) is 231 Å². The zero-order valence-corrected chi connectivity index (χ0v) is 39.6. The van der Waals surface area contributed by atoms with Gasteiger partial charge in [-0.2, -0.15) is 0 Å². The molecule has 0 heterocycles. The molecule has 1 heteroatoms. The van der Waals surface area contributed by atoms with Gasteiger partial charge in [0.2, 0.25) is 0 Å². The molecule has 1 nitrogen and oxygen atoms in total. The maximum Gasteiger partial charge on any atom is 0.0713 e. The molecular weight excluding hydrogens is 867 g/mol. The van der Waals surface area contributed by atoms with E-state index >= 15 is 0 Å². The molecular formula is C71H47N. The van der Waals surface area contributed by atoms with Crippen LogP contribution in [0.5, 0.6) is 0 Å². The Hall–Kier alpha value is -9.30. The quantitative estimate of drug-likeness (QED) is 0.137. The molecule has 13 aromatic carbocycles. The number of anilines is 3. The highest BCUT2D eigenvalue weighted by molar-refractivity contribution is 6.15. The predicted octanol–water partition coefficient (Wildman–Crippen LogP) is 19.1. The third-order valence-corrected chi connectivity index (χ3v) is 15.3. The maximum absolute atomic E-state index is 2.45. The van der Waals surface area contributed by atoms with Crippen molar-refractivity contribution in [3.8, 4) is 44.5 Å². The van der Waals surface area contributed by atoms with Gasteiger partial charge in [0.25, 0.3) is 0 Å². The second-order valence-electron chi connectivity index (χ2n) is 19.1. The fourth-order valence-corrected chi connectivity index (χ4v) is 12.0. The minimum atomic E-state index is -0.461. The van der Waals surface area contributed by atoms with Crippen LogP contribution in [0.15, 0.2) is 285 Å². The zero-order chi connectivity index (χ0) is 47.6. The molecule has 0 amide bonds. The van der Waals surface area contributed by atoms with E-state index in [2.05, 4.69) is 290 Å². The van der Waals surface area contributed by atoms with Crippen molar-refractivity contribution in [3.05, 3.63) is 307 Å². The molecule has 0 saturated heterocycles. The lowest BCUT2D eigenvalue weighted by Crippen LogP contribution is -2.28. The monoisotopic (exact) mass is 913 g/mol. The molecule has 0 atom stereocenters. The first-order chi connectivity index (χ1) is 35.7. The summed E-state index contributed by atoms with van der Waals surface area (Å²) in [5, 5.41) is 10.1. The first-order valence-corrected chi connectivity index (χ1v) is 25.0. The molecule has 0 fully saturated rings. The van der Waals surface area contributed by atoms with Crippen molar-refractivity contribution in [2.24, 2.45) is 0 Å². The van der Waals surface area contributed by atoms with Crippen LogP contribution in [0.2, 0.25) is 0 Å². The molecule has 72 heavy (non-hydrogen) atoms. The Morgan fingerprint density at radius 3 is 1.10 bits per heavy atom. The van der Waals surface area contributed by atoms with Crippen LogP contribution in [-0.4, -0.2) is 0 Å². The molecule has 1 aliphatic carbocycles. The van der Waals surface area contributed by atoms with Gasteiger partial charge >= 0.3 is 0 Å². The second-order valence-corrected chi connectivity index (χ2v) is 19.1. The Labute approximate surface area is 420 Å². The van der Waals surface area contributed by atoms with Crippen LogP contribution in [0.4, 0.5) is 17.1 Å². The third-order valence-electron chi connectivity index (χ3n) is 15.3. The average molecular weight is 914 g/mol. The largest absolute Gasteiger partial charge is 0.311 e. The number of hydrogen-bond donors (Lipinski definition) is 0. The molecule has 0 spiro atoms. The van der Waals surface area contributed by atoms with E-state index in [9.17, 15) is 0 Å². The van der Waals surface area contributed by atoms with Gasteiger partial charge in [-0.25, -0.2) is 0 Å². The molecule has 0 aromatic heterocycles. The van der Waals surface area contributed by atoms with Crippen LogP contribution in [0, 0.1) is 0 Å². The van der Waals surface area contributed by atoms with Crippen molar-refractivity contribution in [2.45, 2.75) is 5.41 Å². The fraction of sp³-hybridized carbons (Fsp3) is 0.0141. The van der Waals surface area contributed by atoms with Gasteiger partial charge in [-0.05, 0) is 164 Å². The molecule has 13 aromatic rings. The Balaban J connectivity index is 0.887. The summed E-state index contributed by atoms with van der Waals surface area (Å²) in [5.74, 6) is 0. The Morgan fingerprint density at radius 1 is 0.222 bits per heavy atom. The maximum atomic E-state index is 2.45. The van der Waals surface area contributed by atoms with E-state index in [1.165, 1.54) is 110 Å². The SMILES string of the molecule is c1ccc(C2(c3ccccc3)c3ccccc3-c3ccc(-c4ccc(N(c5ccc(-c6cc7ccccc7c7ccccc67)cc5)c5ccc(-c6cc7ccccc7c7ccccc67)cc5)cc4)cc32)cc1. The summed E-state index contributed by atoms with van der Waals surface area (Å²) >= 11 is 0. The zero-order valence-electron chi connectivity index (χ0n) is 39.6. The van der Waals surface area contributed by atoms with Crippen molar-refractivity contribution in [3.63, 3.8) is 0 Å². The first-order valence-electron chi connectivity index (χ1n) is 25.0. The van der Waals surface area contributed by atoms with Gasteiger partial charge in [-0.3, -0.25) is 0 Å². The molecule has 14 rings (SSSR count). The van der Waals surface area contributed by atoms with Crippen LogP contribution in [-0.2, 0) is 5.41 Å². The summed E-state index contributed by atoms with van der Waals surface area (Å²) in [6.07, 6.45) is 0. The summed E-state index contributed by atoms with van der Waals surface area (Å²) in [6.45, 7) is 0. The van der Waals surface area contributed by atoms with E-state index in [4.69, 9.17) is 0 Å². The van der Waals surface area contributed by atoms with Gasteiger partial charge < -0.3 is 4.90 Å². The van der Waals surface area contributed by atoms with E-state index in [1.54, 1.807) is 0 Å². The van der Waals surface area contributed by atoms with E-state index < -0.39 is 5.41 Å². The number of rotatable bonds is 8. The van der Waals surface area contributed by atoms with Crippen LogP contribution < -0.4 is 4.90 Å². The summed E-state index contributed by atoms with van der Waals surface area (Å²) in [4.78, 5) is 2.39. The van der Waals surface area contributed by atoms with Crippen molar-refractivity contribution in [2.75, 3.05) is 4.90 Å². The minimum Gasteiger partial charge on any atom is -0.311 e. The van der Waals surface area contributed by atoms with Crippen molar-refractivity contribution in [1.29, 1.82) is 0 Å². The minimum absolute atomic E-state index is 0.461. The van der Waals surface area contributed by atoms with Gasteiger partial charge in [0.15, 0.2) is 0 Å². The van der Waals surface area contributed by atoms with Crippen molar-refractivity contribution in [1.82, 2.24) is 0 Å². The number of nitrogens with zero attached hydrogens (tertiary/aromatic N) is 1. The highest BCUT2D eigenvalue weighted by Gasteiger charge is 2.46. The van der Waals surface area contributed by atoms with E-state index in [0.717, 1.165) is 17.1 Å². The second kappa shape index (κ2) is 17.0. The van der Waals surface area contributed by atoms with Crippen molar-refractivity contribution >= 4 is 60.2 Å². The van der Waals surface area contributed by atoms with Crippen molar-refractivity contribution < 1.29 is 0 Å². The molecule has 336 valence electrons. The third kappa shape index (κ3) is 6.63.